The topological polar surface area (TPSA) is 45.4 Å². The minimum Gasteiger partial charge on any atom is -0.384 e. The van der Waals surface area contributed by atoms with E-state index in [9.17, 15) is 0 Å². The molecule has 1 fully saturated rings. The SMILES string of the molecule is CN1CCN(c2nc(N)cc3c(Br)cccc23)CC1. The first-order valence-electron chi connectivity index (χ1n) is 6.43. The summed E-state index contributed by atoms with van der Waals surface area (Å²) in [6.07, 6.45) is 0. The van der Waals surface area contributed by atoms with Crippen LogP contribution in [0.1, 0.15) is 0 Å². The van der Waals surface area contributed by atoms with Gasteiger partial charge in [0.1, 0.15) is 11.6 Å². The third-order valence-corrected chi connectivity index (χ3v) is 4.32. The van der Waals surface area contributed by atoms with Gasteiger partial charge >= 0.3 is 0 Å². The maximum absolute atomic E-state index is 5.96. The molecule has 2 heterocycles. The number of halogens is 1. The summed E-state index contributed by atoms with van der Waals surface area (Å²) in [5.74, 6) is 1.58. The molecule has 1 aromatic heterocycles. The number of benzene rings is 1. The van der Waals surface area contributed by atoms with Gasteiger partial charge in [0.15, 0.2) is 0 Å². The van der Waals surface area contributed by atoms with Crippen LogP contribution in [0.3, 0.4) is 0 Å². The standard InChI is InChI=1S/C14H17BrN4/c1-18-5-7-19(8-6-18)14-10-3-2-4-12(15)11(10)9-13(16)17-14/h2-4,9H,5-8H2,1H3,(H2,16,17). The second-order valence-corrected chi connectivity index (χ2v) is 5.85. The molecule has 100 valence electrons. The number of likely N-dealkylation sites (N-methyl/N-ethyl adjacent to an activating group) is 1. The van der Waals surface area contributed by atoms with E-state index in [-0.39, 0.29) is 0 Å². The van der Waals surface area contributed by atoms with Crippen molar-refractivity contribution in [3.05, 3.63) is 28.7 Å². The molecule has 1 aliphatic heterocycles. The lowest BCUT2D eigenvalue weighted by molar-refractivity contribution is 0.312. The van der Waals surface area contributed by atoms with Gasteiger partial charge in [-0.25, -0.2) is 4.98 Å². The lowest BCUT2D eigenvalue weighted by Crippen LogP contribution is -2.44. The Labute approximate surface area is 121 Å². The van der Waals surface area contributed by atoms with Crippen LogP contribution in [0.15, 0.2) is 28.7 Å². The Bertz CT molecular complexity index is 606. The minimum absolute atomic E-state index is 0.577. The monoisotopic (exact) mass is 320 g/mol. The summed E-state index contributed by atoms with van der Waals surface area (Å²) in [6, 6.07) is 8.12. The lowest BCUT2D eigenvalue weighted by atomic mass is 10.1. The average Bonchev–Trinajstić information content (AvgIpc) is 2.40. The molecule has 1 saturated heterocycles. The van der Waals surface area contributed by atoms with E-state index >= 15 is 0 Å². The Morgan fingerprint density at radius 2 is 1.89 bits per heavy atom. The number of nitrogen functional groups attached to an aromatic ring is 1. The van der Waals surface area contributed by atoms with Gasteiger partial charge in [-0.3, -0.25) is 0 Å². The fraction of sp³-hybridized carbons (Fsp3) is 0.357. The summed E-state index contributed by atoms with van der Waals surface area (Å²) in [5, 5.41) is 2.29. The number of fused-ring (bicyclic) bond motifs is 1. The van der Waals surface area contributed by atoms with Crippen molar-refractivity contribution in [2.45, 2.75) is 0 Å². The highest BCUT2D eigenvalue weighted by Crippen LogP contribution is 2.32. The summed E-state index contributed by atoms with van der Waals surface area (Å²) < 4.78 is 1.06. The molecule has 0 spiro atoms. The summed E-state index contributed by atoms with van der Waals surface area (Å²) in [7, 11) is 2.15. The highest BCUT2D eigenvalue weighted by atomic mass is 79.9. The van der Waals surface area contributed by atoms with Crippen molar-refractivity contribution in [1.29, 1.82) is 0 Å². The number of rotatable bonds is 1. The molecule has 3 rings (SSSR count). The molecule has 0 aliphatic carbocycles. The van der Waals surface area contributed by atoms with E-state index in [0.717, 1.165) is 47.2 Å². The number of aromatic nitrogens is 1. The van der Waals surface area contributed by atoms with Gasteiger partial charge < -0.3 is 15.5 Å². The van der Waals surface area contributed by atoms with Gasteiger partial charge in [0.05, 0.1) is 0 Å². The van der Waals surface area contributed by atoms with Crippen molar-refractivity contribution >= 4 is 38.3 Å². The van der Waals surface area contributed by atoms with Gasteiger partial charge in [0.2, 0.25) is 0 Å². The normalized spacial score (nSPS) is 17.1. The maximum atomic E-state index is 5.96. The van der Waals surface area contributed by atoms with Gasteiger partial charge in [-0.2, -0.15) is 0 Å². The molecule has 1 aliphatic rings. The molecule has 4 nitrogen and oxygen atoms in total. The number of nitrogens with zero attached hydrogens (tertiary/aromatic N) is 3. The van der Waals surface area contributed by atoms with Crippen molar-refractivity contribution in [3.8, 4) is 0 Å². The molecule has 0 radical (unpaired) electrons. The van der Waals surface area contributed by atoms with Crippen molar-refractivity contribution in [1.82, 2.24) is 9.88 Å². The maximum Gasteiger partial charge on any atom is 0.139 e. The Morgan fingerprint density at radius 3 is 2.63 bits per heavy atom. The number of anilines is 2. The van der Waals surface area contributed by atoms with Crippen molar-refractivity contribution in [2.24, 2.45) is 0 Å². The summed E-state index contributed by atoms with van der Waals surface area (Å²) in [6.45, 7) is 4.11. The van der Waals surface area contributed by atoms with Crippen LogP contribution in [0.5, 0.6) is 0 Å². The van der Waals surface area contributed by atoms with E-state index in [1.165, 1.54) is 0 Å². The van der Waals surface area contributed by atoms with Crippen LogP contribution in [0.2, 0.25) is 0 Å². The number of nitrogens with two attached hydrogens (primary N) is 1. The molecular weight excluding hydrogens is 304 g/mol. The van der Waals surface area contributed by atoms with Crippen LogP contribution >= 0.6 is 15.9 Å². The molecule has 0 saturated carbocycles. The Hall–Kier alpha value is -1.33. The molecule has 2 N–H and O–H groups in total. The number of hydrogen-bond acceptors (Lipinski definition) is 4. The van der Waals surface area contributed by atoms with Crippen LogP contribution in [-0.4, -0.2) is 43.1 Å². The van der Waals surface area contributed by atoms with Gasteiger partial charge in [0, 0.05) is 41.4 Å². The Kier molecular flexibility index (Phi) is 3.33. The zero-order chi connectivity index (χ0) is 13.4. The number of pyridine rings is 1. The van der Waals surface area contributed by atoms with Gasteiger partial charge in [-0.15, -0.1) is 0 Å². The number of hydrogen-bond donors (Lipinski definition) is 1. The highest BCUT2D eigenvalue weighted by Gasteiger charge is 2.18. The molecule has 2 aromatic rings. The molecule has 0 unspecified atom stereocenters. The molecule has 19 heavy (non-hydrogen) atoms. The third-order valence-electron chi connectivity index (χ3n) is 3.62. The van der Waals surface area contributed by atoms with Gasteiger partial charge in [-0.1, -0.05) is 28.1 Å². The predicted octanol–water partition coefficient (Wildman–Crippen LogP) is 2.33. The van der Waals surface area contributed by atoms with Crippen LogP contribution in [0, 0.1) is 0 Å². The van der Waals surface area contributed by atoms with Crippen LogP contribution in [-0.2, 0) is 0 Å². The highest BCUT2D eigenvalue weighted by molar-refractivity contribution is 9.10. The lowest BCUT2D eigenvalue weighted by Gasteiger charge is -2.34. The zero-order valence-electron chi connectivity index (χ0n) is 10.9. The van der Waals surface area contributed by atoms with E-state index in [1.807, 2.05) is 18.2 Å². The van der Waals surface area contributed by atoms with Crippen molar-refractivity contribution < 1.29 is 0 Å². The number of piperazine rings is 1. The quantitative estimate of drug-likeness (QED) is 0.876. The minimum atomic E-state index is 0.577. The van der Waals surface area contributed by atoms with Gasteiger partial charge in [-0.05, 0) is 19.2 Å². The van der Waals surface area contributed by atoms with Crippen molar-refractivity contribution in [3.63, 3.8) is 0 Å². The van der Waals surface area contributed by atoms with Crippen molar-refractivity contribution in [2.75, 3.05) is 43.9 Å². The van der Waals surface area contributed by atoms with E-state index in [1.54, 1.807) is 0 Å². The zero-order valence-corrected chi connectivity index (χ0v) is 12.5. The first kappa shape index (κ1) is 12.7. The molecule has 0 amide bonds. The molecule has 0 atom stereocenters. The molecule has 1 aromatic carbocycles. The van der Waals surface area contributed by atoms with Crippen LogP contribution in [0.4, 0.5) is 11.6 Å². The first-order valence-corrected chi connectivity index (χ1v) is 7.22. The third kappa shape index (κ3) is 2.40. The Morgan fingerprint density at radius 1 is 1.16 bits per heavy atom. The fourth-order valence-electron chi connectivity index (χ4n) is 2.50. The van der Waals surface area contributed by atoms with E-state index < -0.39 is 0 Å². The van der Waals surface area contributed by atoms with Crippen LogP contribution in [0.25, 0.3) is 10.8 Å². The summed E-state index contributed by atoms with van der Waals surface area (Å²) in [4.78, 5) is 9.21. The fourth-order valence-corrected chi connectivity index (χ4v) is 2.98. The first-order chi connectivity index (χ1) is 9.15. The van der Waals surface area contributed by atoms with Gasteiger partial charge in [0.25, 0.3) is 0 Å². The smallest absolute Gasteiger partial charge is 0.139 e. The predicted molar refractivity (Wildman–Crippen MR) is 83.6 cm³/mol. The Balaban J connectivity index is 2.10. The molecule has 0 bridgehead atoms. The van der Waals surface area contributed by atoms with E-state index in [4.69, 9.17) is 5.73 Å². The molecular formula is C14H17BrN4. The van der Waals surface area contributed by atoms with E-state index in [0.29, 0.717) is 5.82 Å². The van der Waals surface area contributed by atoms with Crippen LogP contribution < -0.4 is 10.6 Å². The average molecular weight is 321 g/mol. The molecule has 5 heteroatoms. The summed E-state index contributed by atoms with van der Waals surface area (Å²) in [5.41, 5.74) is 5.96. The van der Waals surface area contributed by atoms with E-state index in [2.05, 4.69) is 43.8 Å². The second kappa shape index (κ2) is 4.98. The summed E-state index contributed by atoms with van der Waals surface area (Å²) >= 11 is 3.59. The second-order valence-electron chi connectivity index (χ2n) is 5.00. The largest absolute Gasteiger partial charge is 0.384 e.